The second-order valence-electron chi connectivity index (χ2n) is 8.21. The predicted octanol–water partition coefficient (Wildman–Crippen LogP) is 3.96. The van der Waals surface area contributed by atoms with E-state index in [-0.39, 0.29) is 18.3 Å². The van der Waals surface area contributed by atoms with Crippen molar-refractivity contribution in [2.45, 2.75) is 6.61 Å². The molecule has 0 saturated carbocycles. The molecular weight excluding hydrogens is 492 g/mol. The molecule has 9 heteroatoms. The molecule has 8 nitrogen and oxygen atoms in total. The molecule has 2 N–H and O–H groups in total. The van der Waals surface area contributed by atoms with Gasteiger partial charge in [0.15, 0.2) is 0 Å². The van der Waals surface area contributed by atoms with Crippen molar-refractivity contribution in [2.75, 3.05) is 31.1 Å². The van der Waals surface area contributed by atoms with Crippen LogP contribution < -0.4 is 15.1 Å². The zero-order chi connectivity index (χ0) is 25.2. The summed E-state index contributed by atoms with van der Waals surface area (Å²) in [5.74, 6) is 0.118. The largest absolute Gasteiger partial charge is 0.489 e. The van der Waals surface area contributed by atoms with Gasteiger partial charge in [0.2, 0.25) is 5.91 Å². The molecule has 1 aromatic heterocycles. The van der Waals surface area contributed by atoms with Crippen LogP contribution in [-0.4, -0.2) is 53.1 Å². The number of anilines is 1. The quantitative estimate of drug-likeness (QED) is 0.265. The molecular formula is C28H29ClN4O4. The third-order valence-electron chi connectivity index (χ3n) is 5.75. The Labute approximate surface area is 222 Å². The first-order valence-electron chi connectivity index (χ1n) is 11.7. The number of nitrogens with zero attached hydrogens (tertiary/aromatic N) is 3. The summed E-state index contributed by atoms with van der Waals surface area (Å²) >= 11 is 0. The minimum Gasteiger partial charge on any atom is -0.489 e. The van der Waals surface area contributed by atoms with Crippen molar-refractivity contribution in [3.63, 3.8) is 0 Å². The maximum atomic E-state index is 12.7. The summed E-state index contributed by atoms with van der Waals surface area (Å²) < 4.78 is 5.87. The van der Waals surface area contributed by atoms with E-state index >= 15 is 0 Å². The van der Waals surface area contributed by atoms with E-state index in [1.54, 1.807) is 24.3 Å². The summed E-state index contributed by atoms with van der Waals surface area (Å²) in [6, 6.07) is 23.4. The third kappa shape index (κ3) is 8.20. The molecule has 1 saturated heterocycles. The molecule has 2 heterocycles. The minimum absolute atomic E-state index is 0. The topological polar surface area (TPSA) is 95.0 Å². The molecule has 2 aromatic carbocycles. The Morgan fingerprint density at radius 1 is 0.865 bits per heavy atom. The first-order valence-corrected chi connectivity index (χ1v) is 11.7. The van der Waals surface area contributed by atoms with Crippen LogP contribution in [0.3, 0.4) is 0 Å². The number of piperazine rings is 1. The van der Waals surface area contributed by atoms with Gasteiger partial charge in [0, 0.05) is 44.0 Å². The maximum absolute atomic E-state index is 12.7. The number of carbonyl (C=O) groups is 2. The molecule has 0 radical (unpaired) electrons. The van der Waals surface area contributed by atoms with E-state index in [0.29, 0.717) is 31.1 Å². The van der Waals surface area contributed by atoms with Crippen LogP contribution in [-0.2, 0) is 16.2 Å². The summed E-state index contributed by atoms with van der Waals surface area (Å²) in [6.45, 7) is 3.28. The SMILES string of the molecule is Cl.O=C(/C=C/c1cccc(/C=C/C(=O)N2CCN(c3ccc(OCc4ccccc4)cc3)CC2)n1)NO. The first-order chi connectivity index (χ1) is 17.6. The van der Waals surface area contributed by atoms with Crippen LogP contribution in [0.2, 0.25) is 0 Å². The highest BCUT2D eigenvalue weighted by Crippen LogP contribution is 2.21. The molecule has 3 aromatic rings. The second kappa shape index (κ2) is 13.8. The number of hydrogen-bond acceptors (Lipinski definition) is 6. The summed E-state index contributed by atoms with van der Waals surface area (Å²) in [5, 5.41) is 8.55. The number of hydroxylamine groups is 1. The van der Waals surface area contributed by atoms with E-state index in [0.717, 1.165) is 30.1 Å². The van der Waals surface area contributed by atoms with Crippen LogP contribution in [0.4, 0.5) is 5.69 Å². The number of halogens is 1. The zero-order valence-electron chi connectivity index (χ0n) is 20.2. The van der Waals surface area contributed by atoms with Crippen molar-refractivity contribution >= 4 is 42.1 Å². The lowest BCUT2D eigenvalue weighted by Gasteiger charge is -2.35. The number of aromatic nitrogens is 1. The van der Waals surface area contributed by atoms with E-state index in [1.165, 1.54) is 23.7 Å². The van der Waals surface area contributed by atoms with E-state index in [4.69, 9.17) is 9.94 Å². The minimum atomic E-state index is -0.639. The number of hydrogen-bond donors (Lipinski definition) is 2. The lowest BCUT2D eigenvalue weighted by Crippen LogP contribution is -2.48. The number of ether oxygens (including phenoxy) is 1. The van der Waals surface area contributed by atoms with E-state index < -0.39 is 5.91 Å². The highest BCUT2D eigenvalue weighted by Gasteiger charge is 2.20. The maximum Gasteiger partial charge on any atom is 0.267 e. The van der Waals surface area contributed by atoms with Gasteiger partial charge in [-0.1, -0.05) is 36.4 Å². The van der Waals surface area contributed by atoms with Gasteiger partial charge in [0.25, 0.3) is 5.91 Å². The number of nitrogens with one attached hydrogen (secondary N) is 1. The molecule has 0 bridgehead atoms. The molecule has 0 unspecified atom stereocenters. The van der Waals surface area contributed by atoms with Gasteiger partial charge in [-0.15, -0.1) is 12.4 Å². The monoisotopic (exact) mass is 520 g/mol. The number of amides is 2. The Kier molecular flexibility index (Phi) is 10.3. The molecule has 37 heavy (non-hydrogen) atoms. The number of benzene rings is 2. The lowest BCUT2D eigenvalue weighted by molar-refractivity contribution is -0.126. The highest BCUT2D eigenvalue weighted by molar-refractivity contribution is 5.92. The molecule has 192 valence electrons. The fourth-order valence-electron chi connectivity index (χ4n) is 3.79. The van der Waals surface area contributed by atoms with E-state index in [1.807, 2.05) is 47.4 Å². The van der Waals surface area contributed by atoms with Crippen molar-refractivity contribution in [2.24, 2.45) is 0 Å². The summed E-state index contributed by atoms with van der Waals surface area (Å²) in [4.78, 5) is 32.2. The van der Waals surface area contributed by atoms with E-state index in [2.05, 4.69) is 22.0 Å². The van der Waals surface area contributed by atoms with Gasteiger partial charge >= 0.3 is 0 Å². The highest BCUT2D eigenvalue weighted by atomic mass is 35.5. The lowest BCUT2D eigenvalue weighted by atomic mass is 10.2. The molecule has 0 atom stereocenters. The van der Waals surface area contributed by atoms with E-state index in [9.17, 15) is 9.59 Å². The van der Waals surface area contributed by atoms with Crippen LogP contribution in [0.25, 0.3) is 12.2 Å². The van der Waals surface area contributed by atoms with Gasteiger partial charge in [-0.25, -0.2) is 10.5 Å². The Hall–Kier alpha value is -4.14. The normalized spacial score (nSPS) is 13.4. The van der Waals surface area contributed by atoms with Crippen molar-refractivity contribution in [1.82, 2.24) is 15.4 Å². The molecule has 4 rings (SSSR count). The van der Waals surface area contributed by atoms with Crippen molar-refractivity contribution in [3.05, 3.63) is 102 Å². The number of carbonyl (C=O) groups excluding carboxylic acids is 2. The molecule has 1 aliphatic rings. The molecule has 2 amide bonds. The van der Waals surface area contributed by atoms with Crippen LogP contribution in [0.15, 0.2) is 84.9 Å². The van der Waals surface area contributed by atoms with Crippen LogP contribution in [0.1, 0.15) is 17.0 Å². The first kappa shape index (κ1) is 27.4. The Morgan fingerprint density at radius 2 is 1.51 bits per heavy atom. The van der Waals surface area contributed by atoms with Crippen LogP contribution >= 0.6 is 12.4 Å². The fourth-order valence-corrected chi connectivity index (χ4v) is 3.79. The standard InChI is InChI=1S/C28H28N4O4.ClH/c33-27(30-35)15-9-23-7-4-8-24(29-23)10-16-28(34)32-19-17-31(18-20-32)25-11-13-26(14-12-25)36-21-22-5-2-1-3-6-22;/h1-16,35H,17-21H2,(H,30,33);1H/b15-9+,16-10+;. The van der Waals surface area contributed by atoms with Gasteiger partial charge in [-0.05, 0) is 54.1 Å². The average Bonchev–Trinajstić information content (AvgIpc) is 2.94. The van der Waals surface area contributed by atoms with Crippen molar-refractivity contribution in [1.29, 1.82) is 0 Å². The average molecular weight is 521 g/mol. The van der Waals surface area contributed by atoms with Crippen LogP contribution in [0.5, 0.6) is 5.75 Å². The third-order valence-corrected chi connectivity index (χ3v) is 5.75. The summed E-state index contributed by atoms with van der Waals surface area (Å²) in [5.41, 5.74) is 4.90. The predicted molar refractivity (Wildman–Crippen MR) is 145 cm³/mol. The Morgan fingerprint density at radius 3 is 2.16 bits per heavy atom. The molecule has 1 fully saturated rings. The van der Waals surface area contributed by atoms with Gasteiger partial charge in [-0.3, -0.25) is 14.8 Å². The van der Waals surface area contributed by atoms with Gasteiger partial charge in [0.05, 0.1) is 11.4 Å². The van der Waals surface area contributed by atoms with Crippen LogP contribution in [0, 0.1) is 0 Å². The zero-order valence-corrected chi connectivity index (χ0v) is 21.0. The fraction of sp³-hybridized carbons (Fsp3) is 0.179. The number of pyridine rings is 1. The second-order valence-corrected chi connectivity index (χ2v) is 8.21. The van der Waals surface area contributed by atoms with Gasteiger partial charge < -0.3 is 14.5 Å². The van der Waals surface area contributed by atoms with Gasteiger partial charge in [-0.2, -0.15) is 0 Å². The van der Waals surface area contributed by atoms with Gasteiger partial charge in [0.1, 0.15) is 12.4 Å². The Bertz CT molecular complexity index is 1220. The van der Waals surface area contributed by atoms with Crippen molar-refractivity contribution in [3.8, 4) is 5.75 Å². The number of rotatable bonds is 8. The molecule has 1 aliphatic heterocycles. The summed E-state index contributed by atoms with van der Waals surface area (Å²) in [6.07, 6.45) is 5.83. The molecule has 0 spiro atoms. The smallest absolute Gasteiger partial charge is 0.267 e. The Balaban J connectivity index is 0.00000380. The summed E-state index contributed by atoms with van der Waals surface area (Å²) in [7, 11) is 0. The van der Waals surface area contributed by atoms with Crippen molar-refractivity contribution < 1.29 is 19.5 Å². The molecule has 0 aliphatic carbocycles.